The average Bonchev–Trinajstić information content (AvgIpc) is 3.60. The van der Waals surface area contributed by atoms with Crippen molar-refractivity contribution in [3.05, 3.63) is 29.1 Å². The molecule has 7 heteroatoms. The van der Waals surface area contributed by atoms with Crippen LogP contribution in [0.4, 0.5) is 4.39 Å². The van der Waals surface area contributed by atoms with Crippen molar-refractivity contribution in [3.8, 4) is 5.75 Å². The first kappa shape index (κ1) is 18.9. The van der Waals surface area contributed by atoms with E-state index in [4.69, 9.17) is 4.74 Å². The molecule has 1 aromatic carbocycles. The lowest BCUT2D eigenvalue weighted by Crippen LogP contribution is -2.68. The molecule has 5 atom stereocenters. The largest absolute Gasteiger partial charge is 0.493 e. The van der Waals surface area contributed by atoms with E-state index in [2.05, 4.69) is 4.72 Å². The van der Waals surface area contributed by atoms with Crippen molar-refractivity contribution in [3.63, 3.8) is 0 Å². The number of amides is 1. The third kappa shape index (κ3) is 2.47. The van der Waals surface area contributed by atoms with E-state index in [1.54, 1.807) is 0 Å². The summed E-state index contributed by atoms with van der Waals surface area (Å²) in [6, 6.07) is 2.86. The van der Waals surface area contributed by atoms with Gasteiger partial charge in [-0.15, -0.1) is 0 Å². The molecule has 0 heterocycles. The fourth-order valence-electron chi connectivity index (χ4n) is 8.10. The summed E-state index contributed by atoms with van der Waals surface area (Å²) >= 11 is 0. The summed E-state index contributed by atoms with van der Waals surface area (Å²) in [6.45, 7) is 0.650. The second-order valence-electron chi connectivity index (χ2n) is 11.3. The molecule has 5 nitrogen and oxygen atoms in total. The van der Waals surface area contributed by atoms with E-state index in [1.165, 1.54) is 44.2 Å². The van der Waals surface area contributed by atoms with Crippen molar-refractivity contribution in [2.75, 3.05) is 6.61 Å². The van der Waals surface area contributed by atoms with Gasteiger partial charge in [0.2, 0.25) is 10.0 Å². The Kier molecular flexibility index (Phi) is 3.55. The van der Waals surface area contributed by atoms with Crippen LogP contribution in [-0.2, 0) is 10.0 Å². The number of benzene rings is 1. The van der Waals surface area contributed by atoms with Crippen molar-refractivity contribution >= 4 is 15.9 Å². The molecule has 2 bridgehead atoms. The normalized spacial score (nSPS) is 39.5. The average molecular weight is 446 g/mol. The lowest BCUT2D eigenvalue weighted by molar-refractivity contribution is -0.254. The number of hydrogen-bond acceptors (Lipinski definition) is 4. The van der Waals surface area contributed by atoms with Gasteiger partial charge in [-0.05, 0) is 98.5 Å². The quantitative estimate of drug-likeness (QED) is 0.685. The number of rotatable bonds is 7. The zero-order valence-electron chi connectivity index (χ0n) is 17.5. The topological polar surface area (TPSA) is 72.5 Å². The fourth-order valence-corrected chi connectivity index (χ4v) is 9.39. The third-order valence-corrected chi connectivity index (χ3v) is 11.5. The number of hydrogen-bond donors (Lipinski definition) is 1. The molecule has 6 aliphatic rings. The van der Waals surface area contributed by atoms with Gasteiger partial charge in [-0.1, -0.05) is 0 Å². The first-order valence-electron chi connectivity index (χ1n) is 11.8. The minimum Gasteiger partial charge on any atom is -0.493 e. The highest BCUT2D eigenvalue weighted by Gasteiger charge is 2.80. The van der Waals surface area contributed by atoms with Gasteiger partial charge < -0.3 is 4.74 Å². The molecule has 7 rings (SSSR count). The van der Waals surface area contributed by atoms with E-state index in [-0.39, 0.29) is 16.9 Å². The molecule has 0 aromatic heterocycles. The van der Waals surface area contributed by atoms with E-state index in [9.17, 15) is 17.6 Å². The molecule has 5 unspecified atom stereocenters. The molecule has 1 spiro atoms. The highest BCUT2D eigenvalue weighted by molar-refractivity contribution is 7.91. The predicted molar refractivity (Wildman–Crippen MR) is 112 cm³/mol. The summed E-state index contributed by atoms with van der Waals surface area (Å²) in [5.41, 5.74) is 1.44. The molecular formula is C24H28FNO4S. The summed E-state index contributed by atoms with van der Waals surface area (Å²) in [7, 11) is -3.71. The molecule has 6 fully saturated rings. The van der Waals surface area contributed by atoms with Gasteiger partial charge in [-0.2, -0.15) is 0 Å². The van der Waals surface area contributed by atoms with Crippen LogP contribution < -0.4 is 9.46 Å². The Hall–Kier alpha value is -1.63. The number of fused-ring (bicyclic) bond motifs is 1. The first-order chi connectivity index (χ1) is 14.8. The van der Waals surface area contributed by atoms with Gasteiger partial charge in [0, 0.05) is 11.5 Å². The SMILES string of the molecule is O=C(NS(=O)(=O)C1CC1)c1cc(C2CC2)c(OCC23CC4CC5CC(C2)C53C4)cc1F. The Morgan fingerprint density at radius 2 is 1.90 bits per heavy atom. The second-order valence-corrected chi connectivity index (χ2v) is 13.2. The first-order valence-corrected chi connectivity index (χ1v) is 13.4. The minimum atomic E-state index is -3.71. The third-order valence-electron chi connectivity index (χ3n) is 9.64. The van der Waals surface area contributed by atoms with Gasteiger partial charge >= 0.3 is 0 Å². The van der Waals surface area contributed by atoms with Crippen LogP contribution in [0, 0.1) is 34.4 Å². The predicted octanol–water partition coefficient (Wildman–Crippen LogP) is 4.13. The highest BCUT2D eigenvalue weighted by atomic mass is 32.2. The maximum absolute atomic E-state index is 14.9. The smallest absolute Gasteiger partial charge is 0.267 e. The summed E-state index contributed by atoms with van der Waals surface area (Å²) in [5.74, 6) is 1.85. The van der Waals surface area contributed by atoms with E-state index in [0.717, 1.165) is 36.2 Å². The van der Waals surface area contributed by atoms with Crippen LogP contribution in [0.1, 0.15) is 79.6 Å². The Morgan fingerprint density at radius 1 is 1.10 bits per heavy atom. The van der Waals surface area contributed by atoms with Crippen molar-refractivity contribution in [2.45, 2.75) is 69.0 Å². The van der Waals surface area contributed by atoms with Crippen molar-refractivity contribution in [1.82, 2.24) is 4.72 Å². The monoisotopic (exact) mass is 445 g/mol. The highest BCUT2D eigenvalue weighted by Crippen LogP contribution is 2.86. The maximum atomic E-state index is 14.9. The van der Waals surface area contributed by atoms with Gasteiger partial charge in [0.15, 0.2) is 0 Å². The van der Waals surface area contributed by atoms with Gasteiger partial charge in [0.05, 0.1) is 17.4 Å². The summed E-state index contributed by atoms with van der Waals surface area (Å²) in [4.78, 5) is 12.5. The van der Waals surface area contributed by atoms with E-state index in [0.29, 0.717) is 30.6 Å². The zero-order chi connectivity index (χ0) is 21.2. The number of sulfonamides is 1. The molecular weight excluding hydrogens is 417 g/mol. The molecule has 6 aliphatic carbocycles. The van der Waals surface area contributed by atoms with Crippen molar-refractivity contribution in [2.24, 2.45) is 28.6 Å². The Morgan fingerprint density at radius 3 is 2.58 bits per heavy atom. The summed E-state index contributed by atoms with van der Waals surface area (Å²) in [6.07, 6.45) is 9.75. The van der Waals surface area contributed by atoms with E-state index >= 15 is 0 Å². The lowest BCUT2D eigenvalue weighted by atomic mass is 9.32. The molecule has 0 saturated heterocycles. The fraction of sp³-hybridized carbons (Fsp3) is 0.708. The molecule has 0 radical (unpaired) electrons. The van der Waals surface area contributed by atoms with E-state index < -0.39 is 27.0 Å². The van der Waals surface area contributed by atoms with Crippen LogP contribution >= 0.6 is 0 Å². The van der Waals surface area contributed by atoms with Crippen LogP contribution in [0.25, 0.3) is 0 Å². The summed E-state index contributed by atoms with van der Waals surface area (Å²) < 4.78 is 47.6. The molecule has 31 heavy (non-hydrogen) atoms. The van der Waals surface area contributed by atoms with Gasteiger partial charge in [-0.25, -0.2) is 17.5 Å². The Bertz CT molecular complexity index is 1110. The van der Waals surface area contributed by atoms with Gasteiger partial charge in [-0.3, -0.25) is 4.79 Å². The van der Waals surface area contributed by atoms with Crippen LogP contribution in [0.15, 0.2) is 12.1 Å². The van der Waals surface area contributed by atoms with Crippen molar-refractivity contribution < 1.29 is 22.3 Å². The molecule has 0 aliphatic heterocycles. The number of ether oxygens (including phenoxy) is 1. The van der Waals surface area contributed by atoms with E-state index in [1.807, 2.05) is 0 Å². The van der Waals surface area contributed by atoms with Gasteiger partial charge in [0.1, 0.15) is 11.6 Å². The number of halogens is 1. The molecule has 166 valence electrons. The van der Waals surface area contributed by atoms with Crippen LogP contribution in [-0.4, -0.2) is 26.2 Å². The molecule has 1 aromatic rings. The Balaban J connectivity index is 1.14. The molecule has 6 saturated carbocycles. The summed E-state index contributed by atoms with van der Waals surface area (Å²) in [5, 5.41) is -0.521. The van der Waals surface area contributed by atoms with Crippen molar-refractivity contribution in [1.29, 1.82) is 0 Å². The number of carbonyl (C=O) groups is 1. The van der Waals surface area contributed by atoms with Gasteiger partial charge in [0.25, 0.3) is 5.91 Å². The Labute approximate surface area is 182 Å². The minimum absolute atomic E-state index is 0.196. The number of nitrogens with one attached hydrogen (secondary N) is 1. The van der Waals surface area contributed by atoms with Crippen LogP contribution in [0.2, 0.25) is 0 Å². The molecule has 1 amide bonds. The lowest BCUT2D eigenvalue weighted by Gasteiger charge is -2.72. The van der Waals surface area contributed by atoms with Crippen LogP contribution in [0.3, 0.4) is 0 Å². The number of carbonyl (C=O) groups excluding carboxylic acids is 1. The zero-order valence-corrected chi connectivity index (χ0v) is 18.3. The maximum Gasteiger partial charge on any atom is 0.267 e. The van der Waals surface area contributed by atoms with Crippen LogP contribution in [0.5, 0.6) is 5.75 Å². The molecule has 1 N–H and O–H groups in total. The standard InChI is InChI=1S/C24H28FNO4S/c25-20-8-21(30-12-23-9-13-5-15-6-16(11-23)24(15,23)10-13)18(14-1-2-14)7-19(20)22(27)26-31(28,29)17-3-4-17/h7-8,13-17H,1-6,9-12H2,(H,26,27). The second kappa shape index (κ2) is 5.83.